The molecule has 3 heterocycles. The van der Waals surface area contributed by atoms with Crippen molar-refractivity contribution in [2.24, 2.45) is 0 Å². The van der Waals surface area contributed by atoms with Crippen molar-refractivity contribution in [3.63, 3.8) is 0 Å². The van der Waals surface area contributed by atoms with Crippen LogP contribution in [0.25, 0.3) is 10.9 Å². The molecular formula is C23H22FN5O2. The average molecular weight is 419 g/mol. The summed E-state index contributed by atoms with van der Waals surface area (Å²) >= 11 is 0. The highest BCUT2D eigenvalue weighted by Gasteiger charge is 2.13. The number of benzene rings is 2. The molecule has 0 atom stereocenters. The lowest BCUT2D eigenvalue weighted by atomic mass is 10.2. The van der Waals surface area contributed by atoms with E-state index in [4.69, 9.17) is 9.47 Å². The summed E-state index contributed by atoms with van der Waals surface area (Å²) in [6, 6.07) is 14.9. The summed E-state index contributed by atoms with van der Waals surface area (Å²) in [7, 11) is 0. The minimum atomic E-state index is -0.423. The minimum Gasteiger partial charge on any atom is -0.436 e. The average Bonchev–Trinajstić information content (AvgIpc) is 3.18. The van der Waals surface area contributed by atoms with Crippen LogP contribution in [0.4, 0.5) is 21.6 Å². The number of aromatic nitrogens is 3. The van der Waals surface area contributed by atoms with Gasteiger partial charge in [-0.15, -0.1) is 0 Å². The number of halogens is 1. The maximum atomic E-state index is 14.8. The fraction of sp³-hybridized carbons (Fsp3) is 0.217. The normalized spacial score (nSPS) is 14.1. The molecule has 7 nitrogen and oxygen atoms in total. The fourth-order valence-corrected chi connectivity index (χ4v) is 3.69. The molecule has 0 spiro atoms. The van der Waals surface area contributed by atoms with E-state index in [0.717, 1.165) is 48.9 Å². The van der Waals surface area contributed by atoms with E-state index in [9.17, 15) is 4.39 Å². The van der Waals surface area contributed by atoms with E-state index < -0.39 is 5.82 Å². The topological polar surface area (TPSA) is 75.3 Å². The van der Waals surface area contributed by atoms with Crippen molar-refractivity contribution in [2.45, 2.75) is 6.92 Å². The number of H-pyrrole nitrogens is 1. The number of anilines is 3. The summed E-state index contributed by atoms with van der Waals surface area (Å²) in [6.07, 6.45) is 1.39. The van der Waals surface area contributed by atoms with E-state index in [1.807, 2.05) is 19.1 Å². The van der Waals surface area contributed by atoms with Crippen LogP contribution < -0.4 is 15.0 Å². The molecule has 1 fully saturated rings. The van der Waals surface area contributed by atoms with Crippen molar-refractivity contribution in [3.8, 4) is 11.6 Å². The number of aryl methyl sites for hydroxylation is 1. The van der Waals surface area contributed by atoms with Crippen LogP contribution in [-0.2, 0) is 4.74 Å². The maximum absolute atomic E-state index is 14.8. The predicted molar refractivity (Wildman–Crippen MR) is 118 cm³/mol. The molecular weight excluding hydrogens is 397 g/mol. The van der Waals surface area contributed by atoms with Gasteiger partial charge in [0.15, 0.2) is 11.6 Å². The number of morpholine rings is 1. The van der Waals surface area contributed by atoms with Crippen LogP contribution in [0.1, 0.15) is 5.69 Å². The first kappa shape index (κ1) is 19.3. The molecule has 8 heteroatoms. The summed E-state index contributed by atoms with van der Waals surface area (Å²) in [5.74, 6) is 0.508. The van der Waals surface area contributed by atoms with Gasteiger partial charge in [0.1, 0.15) is 12.1 Å². The molecule has 1 aliphatic rings. The number of fused-ring (bicyclic) bond motifs is 1. The molecule has 1 aliphatic heterocycles. The Morgan fingerprint density at radius 1 is 1.10 bits per heavy atom. The SMILES string of the molecule is Cc1cc2c(F)c(Oc3cc(Nc4cccc(N5CCOCC5)c4)ncn3)ccc2[nH]1. The van der Waals surface area contributed by atoms with Gasteiger partial charge in [0.05, 0.1) is 13.2 Å². The number of nitrogens with one attached hydrogen (secondary N) is 2. The lowest BCUT2D eigenvalue weighted by molar-refractivity contribution is 0.122. The summed E-state index contributed by atoms with van der Waals surface area (Å²) in [6.45, 7) is 5.08. The number of nitrogens with zero attached hydrogens (tertiary/aromatic N) is 3. The number of aromatic amines is 1. The highest BCUT2D eigenvalue weighted by atomic mass is 19.1. The highest BCUT2D eigenvalue weighted by Crippen LogP contribution is 2.31. The lowest BCUT2D eigenvalue weighted by Gasteiger charge is -2.29. The molecule has 2 aromatic heterocycles. The van der Waals surface area contributed by atoms with Crippen molar-refractivity contribution >= 4 is 28.1 Å². The zero-order chi connectivity index (χ0) is 21.2. The van der Waals surface area contributed by atoms with Crippen LogP contribution in [0.5, 0.6) is 11.6 Å². The van der Waals surface area contributed by atoms with Crippen LogP contribution in [0, 0.1) is 12.7 Å². The van der Waals surface area contributed by atoms with Crippen LogP contribution in [0.2, 0.25) is 0 Å². The van der Waals surface area contributed by atoms with Crippen LogP contribution in [0.3, 0.4) is 0 Å². The van der Waals surface area contributed by atoms with Gasteiger partial charge in [0.25, 0.3) is 0 Å². The van der Waals surface area contributed by atoms with Crippen LogP contribution in [-0.4, -0.2) is 41.3 Å². The largest absolute Gasteiger partial charge is 0.436 e. The first-order valence-electron chi connectivity index (χ1n) is 10.1. The minimum absolute atomic E-state index is 0.116. The molecule has 0 bridgehead atoms. The molecule has 1 saturated heterocycles. The fourth-order valence-electron chi connectivity index (χ4n) is 3.69. The summed E-state index contributed by atoms with van der Waals surface area (Å²) in [4.78, 5) is 13.8. The molecule has 0 saturated carbocycles. The van der Waals surface area contributed by atoms with Gasteiger partial charge >= 0.3 is 0 Å². The van der Waals surface area contributed by atoms with Gasteiger partial charge in [0.2, 0.25) is 5.88 Å². The van der Waals surface area contributed by atoms with Crippen molar-refractivity contribution in [1.82, 2.24) is 15.0 Å². The van der Waals surface area contributed by atoms with Gasteiger partial charge < -0.3 is 24.7 Å². The van der Waals surface area contributed by atoms with E-state index in [2.05, 4.69) is 37.3 Å². The first-order valence-corrected chi connectivity index (χ1v) is 10.1. The zero-order valence-corrected chi connectivity index (χ0v) is 17.1. The molecule has 0 radical (unpaired) electrons. The number of hydrogen-bond acceptors (Lipinski definition) is 6. The van der Waals surface area contributed by atoms with E-state index in [-0.39, 0.29) is 11.6 Å². The van der Waals surface area contributed by atoms with Crippen molar-refractivity contribution < 1.29 is 13.9 Å². The molecule has 0 amide bonds. The number of hydrogen-bond donors (Lipinski definition) is 2. The van der Waals surface area contributed by atoms with Gasteiger partial charge in [0, 0.05) is 47.1 Å². The Hall–Kier alpha value is -3.65. The Bertz CT molecular complexity index is 1220. The van der Waals surface area contributed by atoms with Crippen molar-refractivity contribution in [1.29, 1.82) is 0 Å². The van der Waals surface area contributed by atoms with Crippen molar-refractivity contribution in [2.75, 3.05) is 36.5 Å². The zero-order valence-electron chi connectivity index (χ0n) is 17.1. The Kier molecular flexibility index (Phi) is 5.13. The van der Waals surface area contributed by atoms with Gasteiger partial charge in [-0.3, -0.25) is 0 Å². The van der Waals surface area contributed by atoms with Crippen molar-refractivity contribution in [3.05, 3.63) is 66.4 Å². The second-order valence-electron chi connectivity index (χ2n) is 7.41. The van der Waals surface area contributed by atoms with Gasteiger partial charge in [-0.05, 0) is 43.3 Å². The molecule has 2 N–H and O–H groups in total. The third-order valence-corrected chi connectivity index (χ3v) is 5.19. The molecule has 0 unspecified atom stereocenters. The van der Waals surface area contributed by atoms with Gasteiger partial charge in [-0.25, -0.2) is 14.4 Å². The second kappa shape index (κ2) is 8.23. The number of rotatable bonds is 5. The Balaban J connectivity index is 1.34. The smallest absolute Gasteiger partial charge is 0.224 e. The second-order valence-corrected chi connectivity index (χ2v) is 7.41. The molecule has 31 heavy (non-hydrogen) atoms. The van der Waals surface area contributed by atoms with Crippen LogP contribution in [0.15, 0.2) is 54.9 Å². The molecule has 2 aromatic carbocycles. The third kappa shape index (κ3) is 4.15. The van der Waals surface area contributed by atoms with Crippen LogP contribution >= 0.6 is 0 Å². The lowest BCUT2D eigenvalue weighted by Crippen LogP contribution is -2.36. The Morgan fingerprint density at radius 2 is 1.97 bits per heavy atom. The summed E-state index contributed by atoms with van der Waals surface area (Å²) < 4.78 is 26.0. The maximum Gasteiger partial charge on any atom is 0.224 e. The molecule has 0 aliphatic carbocycles. The van der Waals surface area contributed by atoms with Gasteiger partial charge in [-0.1, -0.05) is 6.07 Å². The molecule has 4 aromatic rings. The summed E-state index contributed by atoms with van der Waals surface area (Å²) in [5, 5.41) is 3.76. The van der Waals surface area contributed by atoms with E-state index in [0.29, 0.717) is 11.2 Å². The summed E-state index contributed by atoms with van der Waals surface area (Å²) in [5.41, 5.74) is 3.63. The predicted octanol–water partition coefficient (Wildman–Crippen LogP) is 4.78. The first-order chi connectivity index (χ1) is 15.2. The van der Waals surface area contributed by atoms with E-state index in [1.165, 1.54) is 6.33 Å². The highest BCUT2D eigenvalue weighted by molar-refractivity contribution is 5.82. The standard InChI is InChI=1S/C23H22FN5O2/c1-15-11-18-19(27-15)5-6-20(23(18)24)31-22-13-21(25-14-26-22)28-16-3-2-4-17(12-16)29-7-9-30-10-8-29/h2-6,11-14,27H,7-10H2,1H3,(H,25,26,28). The van der Waals surface area contributed by atoms with E-state index in [1.54, 1.807) is 24.3 Å². The third-order valence-electron chi connectivity index (χ3n) is 5.19. The van der Waals surface area contributed by atoms with E-state index >= 15 is 0 Å². The van der Waals surface area contributed by atoms with Gasteiger partial charge in [-0.2, -0.15) is 0 Å². The quantitative estimate of drug-likeness (QED) is 0.485. The molecule has 158 valence electrons. The monoisotopic (exact) mass is 419 g/mol. The Labute approximate surface area is 178 Å². The molecule has 5 rings (SSSR count). The Morgan fingerprint density at radius 3 is 2.84 bits per heavy atom. The number of ether oxygens (including phenoxy) is 2.